The molecule has 1 amide bonds. The van der Waals surface area contributed by atoms with Crippen LogP contribution in [-0.2, 0) is 0 Å². The largest absolute Gasteiger partial charge is 0.346 e. The third-order valence-corrected chi connectivity index (χ3v) is 2.94. The summed E-state index contributed by atoms with van der Waals surface area (Å²) in [5.41, 5.74) is 1.43. The first-order chi connectivity index (χ1) is 7.59. The number of aryl methyl sites for hydroxylation is 1. The summed E-state index contributed by atoms with van der Waals surface area (Å²) >= 11 is 0. The highest BCUT2D eigenvalue weighted by molar-refractivity contribution is 5.94. The van der Waals surface area contributed by atoms with Crippen molar-refractivity contribution in [2.24, 2.45) is 0 Å². The molecule has 16 heavy (non-hydrogen) atoms. The van der Waals surface area contributed by atoms with Gasteiger partial charge in [0, 0.05) is 24.0 Å². The Kier molecular flexibility index (Phi) is 2.92. The van der Waals surface area contributed by atoms with Gasteiger partial charge in [0.2, 0.25) is 0 Å². The molecule has 1 aromatic rings. The van der Waals surface area contributed by atoms with Gasteiger partial charge in [0.25, 0.3) is 5.91 Å². The van der Waals surface area contributed by atoms with Crippen LogP contribution >= 0.6 is 0 Å². The van der Waals surface area contributed by atoms with Crippen molar-refractivity contribution < 1.29 is 4.79 Å². The molecule has 2 N–H and O–H groups in total. The fourth-order valence-electron chi connectivity index (χ4n) is 1.96. The van der Waals surface area contributed by atoms with E-state index in [0.29, 0.717) is 5.56 Å². The number of rotatable bonds is 2. The molecule has 1 unspecified atom stereocenters. The highest BCUT2D eigenvalue weighted by Crippen LogP contribution is 2.14. The van der Waals surface area contributed by atoms with Gasteiger partial charge in [-0.05, 0) is 38.9 Å². The third kappa shape index (κ3) is 2.39. The van der Waals surface area contributed by atoms with E-state index in [-0.39, 0.29) is 11.4 Å². The summed E-state index contributed by atoms with van der Waals surface area (Å²) in [6.45, 7) is 5.75. The van der Waals surface area contributed by atoms with E-state index in [1.54, 1.807) is 18.3 Å². The van der Waals surface area contributed by atoms with Crippen molar-refractivity contribution in [1.82, 2.24) is 15.6 Å². The lowest BCUT2D eigenvalue weighted by Crippen LogP contribution is -2.47. The summed E-state index contributed by atoms with van der Waals surface area (Å²) in [6, 6.07) is 3.55. The second kappa shape index (κ2) is 4.22. The van der Waals surface area contributed by atoms with Crippen molar-refractivity contribution in [2.75, 3.05) is 13.1 Å². The Labute approximate surface area is 95.5 Å². The predicted octanol–water partition coefficient (Wildman–Crippen LogP) is 0.872. The van der Waals surface area contributed by atoms with Crippen LogP contribution in [0.25, 0.3) is 0 Å². The molecule has 0 radical (unpaired) electrons. The van der Waals surface area contributed by atoms with Crippen molar-refractivity contribution >= 4 is 5.91 Å². The van der Waals surface area contributed by atoms with Crippen molar-refractivity contribution in [1.29, 1.82) is 0 Å². The average Bonchev–Trinajstić information content (AvgIpc) is 2.65. The molecule has 4 nitrogen and oxygen atoms in total. The van der Waals surface area contributed by atoms with Crippen LogP contribution in [0.1, 0.15) is 29.4 Å². The minimum Gasteiger partial charge on any atom is -0.346 e. The summed E-state index contributed by atoms with van der Waals surface area (Å²) in [5, 5.41) is 6.32. The molecule has 1 aliphatic rings. The second-order valence-electron chi connectivity index (χ2n) is 4.63. The summed E-state index contributed by atoms with van der Waals surface area (Å²) in [7, 11) is 0. The number of nitrogens with one attached hydrogen (secondary N) is 2. The molecule has 86 valence electrons. The quantitative estimate of drug-likeness (QED) is 0.776. The van der Waals surface area contributed by atoms with E-state index < -0.39 is 0 Å². The van der Waals surface area contributed by atoms with Crippen LogP contribution in [0.2, 0.25) is 0 Å². The van der Waals surface area contributed by atoms with Gasteiger partial charge >= 0.3 is 0 Å². The number of pyridine rings is 1. The first-order valence-electron chi connectivity index (χ1n) is 5.55. The van der Waals surface area contributed by atoms with E-state index in [4.69, 9.17) is 0 Å². The first-order valence-corrected chi connectivity index (χ1v) is 5.55. The lowest BCUT2D eigenvalue weighted by atomic mass is 10.0. The van der Waals surface area contributed by atoms with Gasteiger partial charge in [0.1, 0.15) is 0 Å². The summed E-state index contributed by atoms with van der Waals surface area (Å²) in [4.78, 5) is 16.1. The Morgan fingerprint density at radius 3 is 3.06 bits per heavy atom. The molecular weight excluding hydrogens is 202 g/mol. The van der Waals surface area contributed by atoms with Crippen LogP contribution in [0.5, 0.6) is 0 Å². The lowest BCUT2D eigenvalue weighted by Gasteiger charge is -2.24. The number of hydrogen-bond acceptors (Lipinski definition) is 3. The standard InChI is InChI=1S/C12H17N3O/c1-9-7-10(3-5-14-9)11(16)15-12(2)4-6-13-8-12/h3,5,7,13H,4,6,8H2,1-2H3,(H,15,16). The number of nitrogens with zero attached hydrogens (tertiary/aromatic N) is 1. The van der Waals surface area contributed by atoms with Crippen molar-refractivity contribution in [3.05, 3.63) is 29.6 Å². The topological polar surface area (TPSA) is 54.0 Å². The predicted molar refractivity (Wildman–Crippen MR) is 62.3 cm³/mol. The molecule has 1 fully saturated rings. The molecule has 0 aromatic carbocycles. The Bertz CT molecular complexity index is 397. The maximum Gasteiger partial charge on any atom is 0.251 e. The fourth-order valence-corrected chi connectivity index (χ4v) is 1.96. The van der Waals surface area contributed by atoms with Gasteiger partial charge in [-0.25, -0.2) is 0 Å². The summed E-state index contributed by atoms with van der Waals surface area (Å²) in [6.07, 6.45) is 2.64. The SMILES string of the molecule is Cc1cc(C(=O)NC2(C)CCNC2)ccn1. The molecule has 0 saturated carbocycles. The number of carbonyl (C=O) groups is 1. The van der Waals surface area contributed by atoms with Crippen LogP contribution in [0, 0.1) is 6.92 Å². The summed E-state index contributed by atoms with van der Waals surface area (Å²) < 4.78 is 0. The zero-order chi connectivity index (χ0) is 11.6. The Hall–Kier alpha value is -1.42. The molecule has 2 rings (SSSR count). The molecular formula is C12H17N3O. The summed E-state index contributed by atoms with van der Waals surface area (Å²) in [5.74, 6) is -0.0169. The number of aromatic nitrogens is 1. The van der Waals surface area contributed by atoms with Crippen molar-refractivity contribution in [3.8, 4) is 0 Å². The zero-order valence-corrected chi connectivity index (χ0v) is 9.71. The number of hydrogen-bond donors (Lipinski definition) is 2. The van der Waals surface area contributed by atoms with Crippen LogP contribution in [0.15, 0.2) is 18.3 Å². The molecule has 4 heteroatoms. The molecule has 0 spiro atoms. The molecule has 1 aliphatic heterocycles. The van der Waals surface area contributed by atoms with Gasteiger partial charge < -0.3 is 10.6 Å². The molecule has 0 aliphatic carbocycles. The van der Waals surface area contributed by atoms with Gasteiger partial charge in [0.05, 0.1) is 5.54 Å². The van der Waals surface area contributed by atoms with Crippen molar-refractivity contribution in [3.63, 3.8) is 0 Å². The van der Waals surface area contributed by atoms with Crippen LogP contribution < -0.4 is 10.6 Å². The van der Waals surface area contributed by atoms with Crippen LogP contribution in [0.4, 0.5) is 0 Å². The fraction of sp³-hybridized carbons (Fsp3) is 0.500. The zero-order valence-electron chi connectivity index (χ0n) is 9.71. The van der Waals surface area contributed by atoms with E-state index in [2.05, 4.69) is 22.5 Å². The van der Waals surface area contributed by atoms with Gasteiger partial charge in [-0.1, -0.05) is 0 Å². The maximum atomic E-state index is 12.0. The normalized spacial score (nSPS) is 24.4. The molecule has 1 aromatic heterocycles. The van der Waals surface area contributed by atoms with Gasteiger partial charge in [-0.2, -0.15) is 0 Å². The monoisotopic (exact) mass is 219 g/mol. The van der Waals surface area contributed by atoms with Crippen LogP contribution in [0.3, 0.4) is 0 Å². The second-order valence-corrected chi connectivity index (χ2v) is 4.63. The Morgan fingerprint density at radius 2 is 2.44 bits per heavy atom. The highest BCUT2D eigenvalue weighted by atomic mass is 16.1. The van der Waals surface area contributed by atoms with E-state index >= 15 is 0 Å². The van der Waals surface area contributed by atoms with E-state index in [9.17, 15) is 4.79 Å². The van der Waals surface area contributed by atoms with Gasteiger partial charge in [-0.15, -0.1) is 0 Å². The van der Waals surface area contributed by atoms with Crippen LogP contribution in [-0.4, -0.2) is 29.5 Å². The van der Waals surface area contributed by atoms with E-state index in [0.717, 1.165) is 25.2 Å². The van der Waals surface area contributed by atoms with E-state index in [1.807, 2.05) is 6.92 Å². The maximum absolute atomic E-state index is 12.0. The first kappa shape index (κ1) is 11.1. The Morgan fingerprint density at radius 1 is 1.62 bits per heavy atom. The Balaban J connectivity index is 2.08. The van der Waals surface area contributed by atoms with Gasteiger partial charge in [0.15, 0.2) is 0 Å². The molecule has 0 bridgehead atoms. The minimum atomic E-state index is -0.117. The lowest BCUT2D eigenvalue weighted by molar-refractivity contribution is 0.0913. The number of carbonyl (C=O) groups excluding carboxylic acids is 1. The highest BCUT2D eigenvalue weighted by Gasteiger charge is 2.30. The van der Waals surface area contributed by atoms with Crippen molar-refractivity contribution in [2.45, 2.75) is 25.8 Å². The molecule has 2 heterocycles. The van der Waals surface area contributed by atoms with Gasteiger partial charge in [-0.3, -0.25) is 9.78 Å². The van der Waals surface area contributed by atoms with E-state index in [1.165, 1.54) is 0 Å². The number of amides is 1. The molecule has 1 saturated heterocycles. The average molecular weight is 219 g/mol. The smallest absolute Gasteiger partial charge is 0.251 e. The third-order valence-electron chi connectivity index (χ3n) is 2.94. The molecule has 1 atom stereocenters. The minimum absolute atomic E-state index is 0.0169.